The van der Waals surface area contributed by atoms with Crippen molar-refractivity contribution in [3.05, 3.63) is 116 Å². The van der Waals surface area contributed by atoms with Gasteiger partial charge in [0.2, 0.25) is 0 Å². The third kappa shape index (κ3) is 6.23. The van der Waals surface area contributed by atoms with Crippen LogP contribution < -0.4 is 9.64 Å². The molecule has 0 bridgehead atoms. The summed E-state index contributed by atoms with van der Waals surface area (Å²) >= 11 is 0. The summed E-state index contributed by atoms with van der Waals surface area (Å²) in [5.74, 6) is 0.874. The number of ether oxygens (including phenoxy) is 1. The van der Waals surface area contributed by atoms with Crippen molar-refractivity contribution in [2.24, 2.45) is 0 Å². The molecule has 0 spiro atoms. The zero-order chi connectivity index (χ0) is 26.8. The van der Waals surface area contributed by atoms with Gasteiger partial charge in [-0.25, -0.2) is 0 Å². The summed E-state index contributed by atoms with van der Waals surface area (Å²) in [4.78, 5) is 2.07. The molecule has 0 atom stereocenters. The molecule has 4 aromatic carbocycles. The Bertz CT molecular complexity index is 1720. The van der Waals surface area contributed by atoms with Crippen molar-refractivity contribution >= 4 is 38.6 Å². The Balaban J connectivity index is 0.00000154. The quantitative estimate of drug-likeness (QED) is 0.152. The van der Waals surface area contributed by atoms with Crippen molar-refractivity contribution in [1.29, 1.82) is 0 Å². The molecule has 0 saturated carbocycles. The summed E-state index contributed by atoms with van der Waals surface area (Å²) in [7, 11) is 8.88. The number of allylic oxidation sites excluding steroid dienone is 4. The van der Waals surface area contributed by atoms with Crippen LogP contribution in [0, 0.1) is 26.2 Å². The Labute approximate surface area is 351 Å². The molecular weight excluding hydrogens is 820 g/mol. The van der Waals surface area contributed by atoms with Crippen LogP contribution in [-0.4, -0.2) is 16.9 Å². The average molecular weight is 853 g/mol. The monoisotopic (exact) mass is 853 g/mol. The number of hydrogen-bond acceptors (Lipinski definition) is 2. The van der Waals surface area contributed by atoms with E-state index in [9.17, 15) is 0 Å². The molecule has 0 saturated heterocycles. The van der Waals surface area contributed by atoms with Gasteiger partial charge in [0, 0.05) is 160 Å². The zero-order valence-corrected chi connectivity index (χ0v) is 36.5. The molecule has 0 aromatic heterocycles. The third-order valence-corrected chi connectivity index (χ3v) is 8.26. The van der Waals surface area contributed by atoms with Gasteiger partial charge in [0.25, 0.3) is 0 Å². The fourth-order valence-corrected chi connectivity index (χ4v) is 6.50. The molecule has 7 heteroatoms. The minimum Gasteiger partial charge on any atom is -0.551 e. The first-order chi connectivity index (χ1) is 18.2. The van der Waals surface area contributed by atoms with Crippen LogP contribution in [-0.2, 0) is 142 Å². The van der Waals surface area contributed by atoms with E-state index in [1.165, 1.54) is 21.9 Å². The van der Waals surface area contributed by atoms with E-state index in [1.54, 1.807) is 0 Å². The fraction of sp³-hybridized carbons (Fsp3) is 0.229. The van der Waals surface area contributed by atoms with E-state index in [0.29, 0.717) is 6.61 Å². The van der Waals surface area contributed by atoms with Gasteiger partial charge in [0.15, 0.2) is 0 Å². The first-order valence-electron chi connectivity index (χ1n) is 13.2. The second-order valence-corrected chi connectivity index (χ2v) is 11.2. The second-order valence-electron chi connectivity index (χ2n) is 11.2. The minimum atomic E-state index is -0.260. The predicted octanol–water partition coefficient (Wildman–Crippen LogP) is 8.18. The summed E-state index contributed by atoms with van der Waals surface area (Å²) in [5, 5.41) is 4.73. The van der Waals surface area contributed by atoms with Gasteiger partial charge in [-0.15, -0.1) is 34.4 Å². The molecule has 2 aliphatic rings. The Morgan fingerprint density at radius 2 is 1.57 bits per heavy atom. The van der Waals surface area contributed by atoms with Crippen LogP contribution in [0.4, 0.5) is 11.4 Å². The Hall–Kier alpha value is 0.436. The number of nitrogens with zero attached hydrogens (tertiary/aromatic N) is 2. The topological polar surface area (TPSA) is 15.5 Å². The van der Waals surface area contributed by atoms with Gasteiger partial charge < -0.3 is 14.2 Å². The van der Waals surface area contributed by atoms with Gasteiger partial charge in [0.1, 0.15) is 5.69 Å². The zero-order valence-electron chi connectivity index (χ0n) is 25.2. The van der Waals surface area contributed by atoms with Crippen molar-refractivity contribution in [1.82, 2.24) is 0 Å². The normalized spacial score (nSPS) is 16.9. The molecule has 0 fully saturated rings. The molecule has 0 unspecified atom stereocenters. The summed E-state index contributed by atoms with van der Waals surface area (Å²) in [5.41, 5.74) is 6.66. The molecular formula is C35H33N2OY4-3. The van der Waals surface area contributed by atoms with Crippen LogP contribution in [0.1, 0.15) is 45.7 Å². The van der Waals surface area contributed by atoms with Crippen LogP contribution in [0.25, 0.3) is 21.5 Å². The molecule has 0 aliphatic carbocycles. The molecule has 2 heterocycles. The molecule has 204 valence electrons. The Kier molecular flexibility index (Phi) is 13.7. The van der Waals surface area contributed by atoms with Gasteiger partial charge in [0.05, 0.1) is 12.3 Å². The summed E-state index contributed by atoms with van der Waals surface area (Å²) in [6.45, 7) is 11.7. The number of rotatable bonds is 4. The summed E-state index contributed by atoms with van der Waals surface area (Å²) in [6.07, 6.45) is 6.55. The number of anilines is 1. The summed E-state index contributed by atoms with van der Waals surface area (Å²) < 4.78 is 8.11. The maximum absolute atomic E-state index is 6.03. The van der Waals surface area contributed by atoms with Gasteiger partial charge in [-0.3, -0.25) is 7.05 Å². The molecule has 4 aromatic rings. The van der Waals surface area contributed by atoms with Crippen molar-refractivity contribution in [3.63, 3.8) is 0 Å². The number of hydrogen-bond donors (Lipinski definition) is 0. The van der Waals surface area contributed by atoms with Gasteiger partial charge in [-0.2, -0.15) is 36.4 Å². The van der Waals surface area contributed by atoms with Crippen molar-refractivity contribution < 1.29 is 140 Å². The van der Waals surface area contributed by atoms with E-state index in [-0.39, 0.29) is 142 Å². The maximum Gasteiger partial charge on any atom is 0.105 e. The van der Waals surface area contributed by atoms with E-state index in [0.717, 1.165) is 39.3 Å². The van der Waals surface area contributed by atoms with Gasteiger partial charge in [-0.05, 0) is 29.8 Å². The second kappa shape index (κ2) is 14.9. The van der Waals surface area contributed by atoms with Crippen LogP contribution in [0.15, 0.2) is 78.5 Å². The first kappa shape index (κ1) is 38.6. The van der Waals surface area contributed by atoms with Crippen LogP contribution >= 0.6 is 0 Å². The van der Waals surface area contributed by atoms with Crippen LogP contribution in [0.3, 0.4) is 0 Å². The van der Waals surface area contributed by atoms with E-state index in [4.69, 9.17) is 4.74 Å². The van der Waals surface area contributed by atoms with Crippen molar-refractivity contribution in [2.75, 3.05) is 11.5 Å². The molecule has 0 N–H and O–H groups in total. The van der Waals surface area contributed by atoms with Crippen LogP contribution in [0.2, 0.25) is 0 Å². The van der Waals surface area contributed by atoms with E-state index >= 15 is 0 Å². The molecule has 0 amide bonds. The smallest absolute Gasteiger partial charge is 0.105 e. The SMILES string of the molecule is [CH2-]N1/C(=C/C=C/C2=[N+]([CH2-])c3ccc4c[c-]ccc4c3C2(C)C)C(C)(C)c2c1ccc1c[c-]cc(OCC)c21.[Y].[Y].[Y].[Y]. The molecule has 2 aliphatic heterocycles. The largest absolute Gasteiger partial charge is 0.551 e. The van der Waals surface area contributed by atoms with E-state index in [1.807, 2.05) is 25.1 Å². The third-order valence-electron chi connectivity index (χ3n) is 8.26. The Morgan fingerprint density at radius 1 is 0.881 bits per heavy atom. The molecule has 42 heavy (non-hydrogen) atoms. The standard InChI is InChI=1S/C35H33N2O.4Y/c1-8-38-28-16-11-14-24-20-22-27-33(31(24)28)35(4,5)30(37(27)7)18-12-17-29-34(2,3)32-25-15-10-9-13-23(25)19-21-26(32)36(29)6;;;;/h10,12-22H,6-8H2,1-5H3;;;;/q-3;;;;/b17-12+,30-18+;;;;. The van der Waals surface area contributed by atoms with Crippen molar-refractivity contribution in [3.8, 4) is 5.75 Å². The van der Waals surface area contributed by atoms with Gasteiger partial charge >= 0.3 is 0 Å². The predicted molar refractivity (Wildman–Crippen MR) is 158 cm³/mol. The van der Waals surface area contributed by atoms with E-state index in [2.05, 4.69) is 118 Å². The summed E-state index contributed by atoms with van der Waals surface area (Å²) in [6, 6.07) is 25.2. The Morgan fingerprint density at radius 3 is 2.29 bits per heavy atom. The van der Waals surface area contributed by atoms with Crippen LogP contribution in [0.5, 0.6) is 5.75 Å². The number of fused-ring (bicyclic) bond motifs is 6. The first-order valence-corrected chi connectivity index (χ1v) is 13.2. The van der Waals surface area contributed by atoms with E-state index < -0.39 is 0 Å². The fourth-order valence-electron chi connectivity index (χ4n) is 6.50. The van der Waals surface area contributed by atoms with Gasteiger partial charge in [-0.1, -0.05) is 57.4 Å². The minimum absolute atomic E-state index is 0. The molecule has 4 radical (unpaired) electrons. The molecule has 3 nitrogen and oxygen atoms in total. The number of benzene rings is 4. The average Bonchev–Trinajstić information content (AvgIpc) is 3.22. The molecule has 6 rings (SSSR count). The van der Waals surface area contributed by atoms with Crippen molar-refractivity contribution in [2.45, 2.75) is 45.4 Å². The maximum atomic E-state index is 6.03.